The van der Waals surface area contributed by atoms with Crippen LogP contribution in [0.15, 0.2) is 35.3 Å². The third kappa shape index (κ3) is 3.98. The van der Waals surface area contributed by atoms with Gasteiger partial charge in [-0.15, -0.1) is 0 Å². The summed E-state index contributed by atoms with van der Waals surface area (Å²) < 4.78 is 54.8. The second-order valence-corrected chi connectivity index (χ2v) is 10.7. The molecule has 1 atom stereocenters. The molecule has 2 aromatic carbocycles. The molecular weight excluding hydrogens is 524 g/mol. The van der Waals surface area contributed by atoms with Gasteiger partial charge < -0.3 is 15.0 Å². The Kier molecular flexibility index (Phi) is 5.73. The van der Waals surface area contributed by atoms with Gasteiger partial charge in [-0.05, 0) is 43.5 Å². The second-order valence-electron chi connectivity index (χ2n) is 10.3. The number of benzene rings is 2. The Balaban J connectivity index is 1.84. The van der Waals surface area contributed by atoms with Gasteiger partial charge in [-0.1, -0.05) is 31.5 Å². The zero-order valence-corrected chi connectivity index (χ0v) is 22.7. The molecule has 1 saturated heterocycles. The average Bonchev–Trinajstić information content (AvgIpc) is 2.91. The van der Waals surface area contributed by atoms with Gasteiger partial charge in [0.15, 0.2) is 17.4 Å². The van der Waals surface area contributed by atoms with E-state index in [0.717, 1.165) is 17.7 Å². The third-order valence-electron chi connectivity index (χ3n) is 7.37. The van der Waals surface area contributed by atoms with E-state index >= 15 is 4.39 Å². The molecule has 2 aromatic heterocycles. The van der Waals surface area contributed by atoms with E-state index in [1.807, 2.05) is 32.6 Å². The fourth-order valence-corrected chi connectivity index (χ4v) is 5.78. The number of nitrogens with one attached hydrogen (secondary N) is 1. The molecule has 202 valence electrons. The number of rotatable bonds is 3. The molecule has 0 amide bonds. The van der Waals surface area contributed by atoms with Crippen molar-refractivity contribution in [3.8, 4) is 22.6 Å². The molecule has 0 radical (unpaired) electrons. The van der Waals surface area contributed by atoms with Crippen LogP contribution in [-0.4, -0.2) is 40.2 Å². The molecule has 1 fully saturated rings. The van der Waals surface area contributed by atoms with Crippen LogP contribution in [0, 0.1) is 18.6 Å². The number of fused-ring (bicyclic) bond motifs is 5. The van der Waals surface area contributed by atoms with Crippen molar-refractivity contribution in [2.45, 2.75) is 46.2 Å². The normalized spacial score (nSPS) is 18.9. The van der Waals surface area contributed by atoms with Crippen molar-refractivity contribution in [2.24, 2.45) is 0 Å². The van der Waals surface area contributed by atoms with Crippen molar-refractivity contribution in [1.82, 2.24) is 19.9 Å². The summed E-state index contributed by atoms with van der Waals surface area (Å²) in [4.78, 5) is 25.2. The van der Waals surface area contributed by atoms with E-state index in [-0.39, 0.29) is 44.9 Å². The van der Waals surface area contributed by atoms with Crippen LogP contribution in [0.5, 0.6) is 5.75 Å². The Hall–Kier alpha value is -3.56. The van der Waals surface area contributed by atoms with Crippen LogP contribution < -0.4 is 20.6 Å². The van der Waals surface area contributed by atoms with E-state index in [1.165, 1.54) is 4.57 Å². The lowest BCUT2D eigenvalue weighted by Crippen LogP contribution is -2.50. The van der Waals surface area contributed by atoms with Crippen LogP contribution >= 0.6 is 11.6 Å². The Morgan fingerprint density at radius 3 is 2.79 bits per heavy atom. The highest BCUT2D eigenvalue weighted by molar-refractivity contribution is 6.35. The molecule has 0 saturated carbocycles. The highest BCUT2D eigenvalue weighted by Crippen LogP contribution is 2.49. The smallest absolute Gasteiger partial charge is 0.354 e. The zero-order chi connectivity index (χ0) is 29.4. The van der Waals surface area contributed by atoms with Crippen molar-refractivity contribution in [3.63, 3.8) is 0 Å². The van der Waals surface area contributed by atoms with E-state index in [2.05, 4.69) is 15.3 Å². The molecule has 2 aliphatic rings. The number of halogens is 3. The van der Waals surface area contributed by atoms with Crippen LogP contribution in [0.2, 0.25) is 5.02 Å². The van der Waals surface area contributed by atoms with Gasteiger partial charge in [0, 0.05) is 53.9 Å². The molecule has 0 aliphatic carbocycles. The SMILES string of the molecule is [2H]C1([2H])Oc2c(c(Cl)cc3c(N4CCNC[C@@H]4C)nc(=O)n(-c4c(C)ccnc4C(C)C)c23)-c2c1ccc(F)c2F. The monoisotopic (exact) mass is 553 g/mol. The summed E-state index contributed by atoms with van der Waals surface area (Å²) in [5, 5.41) is 3.74. The van der Waals surface area contributed by atoms with E-state index in [1.54, 1.807) is 18.3 Å². The number of hydrogen-bond acceptors (Lipinski definition) is 6. The number of pyridine rings is 1. The molecule has 7 nitrogen and oxygen atoms in total. The summed E-state index contributed by atoms with van der Waals surface area (Å²) in [6.45, 7) is 7.02. The first kappa shape index (κ1) is 23.3. The lowest BCUT2D eigenvalue weighted by molar-refractivity contribution is 0.303. The molecule has 4 heterocycles. The van der Waals surface area contributed by atoms with Crippen LogP contribution in [0.4, 0.5) is 14.6 Å². The maximum atomic E-state index is 15.5. The fourth-order valence-electron chi connectivity index (χ4n) is 5.49. The van der Waals surface area contributed by atoms with E-state index < -0.39 is 23.9 Å². The maximum Gasteiger partial charge on any atom is 0.354 e. The summed E-state index contributed by atoms with van der Waals surface area (Å²) >= 11 is 6.81. The van der Waals surface area contributed by atoms with E-state index in [9.17, 15) is 9.18 Å². The minimum atomic E-state index is -2.56. The minimum absolute atomic E-state index is 0.0109. The lowest BCUT2D eigenvalue weighted by atomic mass is 9.94. The highest BCUT2D eigenvalue weighted by atomic mass is 35.5. The lowest BCUT2D eigenvalue weighted by Gasteiger charge is -2.36. The molecule has 6 rings (SSSR count). The molecule has 2 aliphatic heterocycles. The van der Waals surface area contributed by atoms with E-state index in [4.69, 9.17) is 19.1 Å². The Morgan fingerprint density at radius 2 is 2.05 bits per heavy atom. The number of piperazine rings is 1. The Labute approximate surface area is 232 Å². The molecule has 4 aromatic rings. The number of aromatic nitrogens is 3. The summed E-state index contributed by atoms with van der Waals surface area (Å²) in [5.41, 5.74) is 0.719. The van der Waals surface area contributed by atoms with Crippen molar-refractivity contribution < 1.29 is 16.3 Å². The second kappa shape index (κ2) is 9.57. The van der Waals surface area contributed by atoms with Gasteiger partial charge in [0.2, 0.25) is 0 Å². The van der Waals surface area contributed by atoms with Gasteiger partial charge in [-0.3, -0.25) is 9.55 Å². The van der Waals surface area contributed by atoms with E-state index in [0.29, 0.717) is 42.2 Å². The molecule has 0 spiro atoms. The summed E-state index contributed by atoms with van der Waals surface area (Å²) in [7, 11) is 0. The van der Waals surface area contributed by atoms with Crippen molar-refractivity contribution in [2.75, 3.05) is 24.5 Å². The predicted octanol–water partition coefficient (Wildman–Crippen LogP) is 5.50. The summed E-state index contributed by atoms with van der Waals surface area (Å²) in [6, 6.07) is 5.30. The topological polar surface area (TPSA) is 72.3 Å². The largest absolute Gasteiger partial charge is 0.486 e. The van der Waals surface area contributed by atoms with Crippen LogP contribution in [0.1, 0.15) is 46.3 Å². The van der Waals surface area contributed by atoms with Crippen molar-refractivity contribution >= 4 is 28.3 Å². The Morgan fingerprint density at radius 1 is 1.26 bits per heavy atom. The number of nitrogens with zero attached hydrogens (tertiary/aromatic N) is 4. The van der Waals surface area contributed by atoms with Gasteiger partial charge >= 0.3 is 5.69 Å². The van der Waals surface area contributed by atoms with Gasteiger partial charge in [0.1, 0.15) is 17.9 Å². The molecule has 1 N–H and O–H groups in total. The van der Waals surface area contributed by atoms with Gasteiger partial charge in [-0.2, -0.15) is 4.98 Å². The maximum absolute atomic E-state index is 15.5. The average molecular weight is 554 g/mol. The van der Waals surface area contributed by atoms with Crippen molar-refractivity contribution in [1.29, 1.82) is 0 Å². The zero-order valence-electron chi connectivity index (χ0n) is 23.9. The molecular formula is C29H28ClF2N5O2. The first-order valence-corrected chi connectivity index (χ1v) is 13.2. The van der Waals surface area contributed by atoms with Crippen LogP contribution in [-0.2, 0) is 6.56 Å². The fraction of sp³-hybridized carbons (Fsp3) is 0.345. The summed E-state index contributed by atoms with van der Waals surface area (Å²) in [5.74, 6) is -2.33. The van der Waals surface area contributed by atoms with Crippen LogP contribution in [0.3, 0.4) is 0 Å². The third-order valence-corrected chi connectivity index (χ3v) is 7.67. The predicted molar refractivity (Wildman–Crippen MR) is 148 cm³/mol. The first-order chi connectivity index (χ1) is 19.4. The number of hydrogen-bond donors (Lipinski definition) is 1. The molecule has 0 unspecified atom stereocenters. The van der Waals surface area contributed by atoms with Crippen LogP contribution in [0.25, 0.3) is 27.7 Å². The number of aryl methyl sites for hydroxylation is 1. The van der Waals surface area contributed by atoms with Gasteiger partial charge in [0.05, 0.1) is 19.1 Å². The molecule has 10 heteroatoms. The Bertz CT molecular complexity index is 1800. The number of anilines is 1. The summed E-state index contributed by atoms with van der Waals surface area (Å²) in [6.07, 6.45) is 1.65. The minimum Gasteiger partial charge on any atom is -0.486 e. The van der Waals surface area contributed by atoms with Gasteiger partial charge in [0.25, 0.3) is 0 Å². The quantitative estimate of drug-likeness (QED) is 0.361. The van der Waals surface area contributed by atoms with Crippen molar-refractivity contribution in [3.05, 3.63) is 74.4 Å². The molecule has 39 heavy (non-hydrogen) atoms. The standard InChI is InChI=1S/C29H28ClF2N5O2/c1-14(2)24-25(15(3)7-8-34-24)37-26-18(28(35-29(37)38)36-10-9-33-12-16(36)4)11-19(30)22-21-17(13-39-27(22)26)5-6-20(31)23(21)32/h5-8,11,14,16,33H,9-10,12-13H2,1-4H3/t16-/m0/s1/i13D2. The van der Waals surface area contributed by atoms with Gasteiger partial charge in [-0.25, -0.2) is 13.6 Å². The highest BCUT2D eigenvalue weighted by Gasteiger charge is 2.33. The number of ether oxygens (including phenoxy) is 1. The first-order valence-electron chi connectivity index (χ1n) is 13.8. The molecule has 0 bridgehead atoms.